The molecular weight excluding hydrogens is 452 g/mol. The normalized spacial score (nSPS) is 13.9. The number of aryl methyl sites for hydroxylation is 2. The number of methoxy groups -OCH3 is 1. The number of nitrogens with one attached hydrogen (secondary N) is 1. The maximum atomic E-state index is 13.1. The second-order valence-corrected chi connectivity index (χ2v) is 9.22. The van der Waals surface area contributed by atoms with Crippen LogP contribution in [0.5, 0.6) is 11.5 Å². The molecule has 1 N–H and O–H groups in total. The van der Waals surface area contributed by atoms with Crippen molar-refractivity contribution >= 4 is 5.91 Å². The summed E-state index contributed by atoms with van der Waals surface area (Å²) in [5.41, 5.74) is 6.37. The number of likely N-dealkylation sites (N-methyl/N-ethyl adjacent to an activating group) is 1. The molecule has 3 aromatic carbocycles. The molecule has 0 saturated carbocycles. The highest BCUT2D eigenvalue weighted by molar-refractivity contribution is 5.79. The van der Waals surface area contributed by atoms with Crippen LogP contribution in [-0.2, 0) is 16.0 Å². The summed E-state index contributed by atoms with van der Waals surface area (Å²) in [6.45, 7) is 7.10. The van der Waals surface area contributed by atoms with Gasteiger partial charge in [0.05, 0.1) is 25.3 Å². The largest absolute Gasteiger partial charge is 0.497 e. The molecule has 0 aromatic heterocycles. The molecule has 3 aromatic rings. The number of rotatable bonds is 9. The fourth-order valence-corrected chi connectivity index (χ4v) is 4.37. The Kier molecular flexibility index (Phi) is 7.84. The molecule has 0 saturated heterocycles. The van der Waals surface area contributed by atoms with E-state index in [9.17, 15) is 4.79 Å². The third-order valence-corrected chi connectivity index (χ3v) is 6.50. The minimum atomic E-state index is -0.256. The van der Waals surface area contributed by atoms with Gasteiger partial charge in [-0.3, -0.25) is 4.79 Å². The summed E-state index contributed by atoms with van der Waals surface area (Å²) >= 11 is 0. The Morgan fingerprint density at radius 1 is 1.00 bits per heavy atom. The third kappa shape index (κ3) is 6.00. The molecule has 1 atom stereocenters. The van der Waals surface area contributed by atoms with E-state index in [0.717, 1.165) is 45.2 Å². The number of hydrogen-bond acceptors (Lipinski definition) is 5. The van der Waals surface area contributed by atoms with Gasteiger partial charge in [-0.15, -0.1) is 0 Å². The van der Waals surface area contributed by atoms with Crippen molar-refractivity contribution in [3.05, 3.63) is 106 Å². The molecule has 6 heteroatoms. The number of allylic oxidation sites excluding steroid dienone is 1. The van der Waals surface area contributed by atoms with Gasteiger partial charge in [-0.1, -0.05) is 48.0 Å². The fraction of sp³-hybridized carbons (Fsp3) is 0.300. The lowest BCUT2D eigenvalue weighted by Crippen LogP contribution is -2.31. The van der Waals surface area contributed by atoms with Crippen LogP contribution in [0.25, 0.3) is 0 Å². The summed E-state index contributed by atoms with van der Waals surface area (Å²) in [6, 6.07) is 21.6. The number of carbonyl (C=O) groups is 1. The molecule has 4 rings (SSSR count). The first-order valence-corrected chi connectivity index (χ1v) is 12.1. The van der Waals surface area contributed by atoms with E-state index in [-0.39, 0.29) is 18.4 Å². The van der Waals surface area contributed by atoms with Crippen molar-refractivity contribution in [1.29, 1.82) is 0 Å². The van der Waals surface area contributed by atoms with Crippen LogP contribution in [0.15, 0.2) is 78.2 Å². The van der Waals surface area contributed by atoms with Crippen LogP contribution < -0.4 is 14.8 Å². The van der Waals surface area contributed by atoms with Crippen molar-refractivity contribution in [3.63, 3.8) is 0 Å². The smallest absolute Gasteiger partial charge is 0.225 e. The highest BCUT2D eigenvalue weighted by Crippen LogP contribution is 2.28. The summed E-state index contributed by atoms with van der Waals surface area (Å²) in [7, 11) is 3.63. The van der Waals surface area contributed by atoms with Crippen molar-refractivity contribution in [1.82, 2.24) is 10.2 Å². The zero-order valence-corrected chi connectivity index (χ0v) is 21.6. The highest BCUT2D eigenvalue weighted by atomic mass is 16.5. The van der Waals surface area contributed by atoms with Gasteiger partial charge in [0.1, 0.15) is 23.9 Å². The second-order valence-electron chi connectivity index (χ2n) is 9.22. The Morgan fingerprint density at radius 2 is 1.69 bits per heavy atom. The summed E-state index contributed by atoms with van der Waals surface area (Å²) < 4.78 is 16.8. The molecule has 1 unspecified atom stereocenters. The van der Waals surface area contributed by atoms with Crippen LogP contribution in [0.4, 0.5) is 0 Å². The number of amides is 1. The molecule has 6 nitrogen and oxygen atoms in total. The summed E-state index contributed by atoms with van der Waals surface area (Å²) in [5.74, 6) is 2.38. The predicted octanol–water partition coefficient (Wildman–Crippen LogP) is 5.29. The van der Waals surface area contributed by atoms with Crippen LogP contribution in [0.2, 0.25) is 0 Å². The monoisotopic (exact) mass is 486 g/mol. The number of carbonyl (C=O) groups excluding carboxylic acids is 1. The van der Waals surface area contributed by atoms with Crippen LogP contribution in [0.1, 0.15) is 40.8 Å². The zero-order chi connectivity index (χ0) is 25.7. The van der Waals surface area contributed by atoms with E-state index in [0.29, 0.717) is 13.3 Å². The van der Waals surface area contributed by atoms with Crippen molar-refractivity contribution in [2.75, 3.05) is 27.5 Å². The maximum absolute atomic E-state index is 13.1. The lowest BCUT2D eigenvalue weighted by molar-refractivity contribution is -0.120. The maximum Gasteiger partial charge on any atom is 0.225 e. The van der Waals surface area contributed by atoms with Crippen molar-refractivity contribution < 1.29 is 19.0 Å². The lowest BCUT2D eigenvalue weighted by Gasteiger charge is -2.22. The Bertz CT molecular complexity index is 1230. The van der Waals surface area contributed by atoms with Crippen molar-refractivity contribution in [2.45, 2.75) is 33.2 Å². The highest BCUT2D eigenvalue weighted by Gasteiger charge is 2.20. The number of nitrogens with zero attached hydrogens (tertiary/aromatic N) is 1. The van der Waals surface area contributed by atoms with Crippen LogP contribution in [0.3, 0.4) is 0 Å². The SMILES string of the molecule is COc1ccc(C(NC(=O)Cc2ccc(OCC3=C(C)OCN3C)cc2)c2ccc(C)cc2C)cc1. The topological polar surface area (TPSA) is 60.0 Å². The van der Waals surface area contributed by atoms with Gasteiger partial charge in [0.2, 0.25) is 5.91 Å². The fourth-order valence-electron chi connectivity index (χ4n) is 4.37. The Labute approximate surface area is 213 Å². The van der Waals surface area contributed by atoms with E-state index < -0.39 is 0 Å². The first kappa shape index (κ1) is 25.2. The Balaban J connectivity index is 1.44. The van der Waals surface area contributed by atoms with Gasteiger partial charge in [0.25, 0.3) is 0 Å². The van der Waals surface area contributed by atoms with Gasteiger partial charge in [-0.25, -0.2) is 0 Å². The van der Waals surface area contributed by atoms with Gasteiger partial charge in [-0.2, -0.15) is 0 Å². The summed E-state index contributed by atoms with van der Waals surface area (Å²) in [5, 5.41) is 3.25. The van der Waals surface area contributed by atoms with E-state index in [1.165, 1.54) is 5.56 Å². The molecule has 1 aliphatic heterocycles. The minimum absolute atomic E-state index is 0.0463. The minimum Gasteiger partial charge on any atom is -0.497 e. The molecule has 36 heavy (non-hydrogen) atoms. The molecule has 0 radical (unpaired) electrons. The van der Waals surface area contributed by atoms with E-state index in [4.69, 9.17) is 14.2 Å². The molecule has 1 heterocycles. The second kappa shape index (κ2) is 11.2. The third-order valence-electron chi connectivity index (χ3n) is 6.50. The average molecular weight is 487 g/mol. The zero-order valence-electron chi connectivity index (χ0n) is 21.6. The van der Waals surface area contributed by atoms with Crippen LogP contribution >= 0.6 is 0 Å². The van der Waals surface area contributed by atoms with E-state index in [1.807, 2.05) is 67.4 Å². The van der Waals surface area contributed by atoms with Crippen molar-refractivity contribution in [2.24, 2.45) is 0 Å². The molecule has 0 aliphatic carbocycles. The van der Waals surface area contributed by atoms with Gasteiger partial charge in [-0.05, 0) is 67.3 Å². The van der Waals surface area contributed by atoms with E-state index in [1.54, 1.807) is 7.11 Å². The first-order chi connectivity index (χ1) is 17.3. The molecule has 0 spiro atoms. The molecule has 188 valence electrons. The Hall–Kier alpha value is -3.93. The quantitative estimate of drug-likeness (QED) is 0.445. The van der Waals surface area contributed by atoms with Crippen LogP contribution in [-0.4, -0.2) is 38.3 Å². The van der Waals surface area contributed by atoms with Crippen molar-refractivity contribution in [3.8, 4) is 11.5 Å². The number of ether oxygens (including phenoxy) is 3. The summed E-state index contributed by atoms with van der Waals surface area (Å²) in [6.07, 6.45) is 0.276. The van der Waals surface area contributed by atoms with Gasteiger partial charge >= 0.3 is 0 Å². The average Bonchev–Trinajstić information content (AvgIpc) is 3.19. The van der Waals surface area contributed by atoms with Crippen LogP contribution in [0, 0.1) is 13.8 Å². The molecule has 0 fully saturated rings. The Morgan fingerprint density at radius 3 is 2.31 bits per heavy atom. The molecule has 1 amide bonds. The standard InChI is InChI=1S/C30H34N2O4/c1-20-6-15-27(21(2)16-20)30(24-9-13-25(34-5)14-10-24)31-29(33)17-23-7-11-26(12-8-23)35-18-28-22(3)36-19-32(28)4/h6-16,30H,17-19H2,1-5H3,(H,31,33). The van der Waals surface area contributed by atoms with Gasteiger partial charge in [0.15, 0.2) is 6.73 Å². The molecule has 1 aliphatic rings. The van der Waals surface area contributed by atoms with E-state index in [2.05, 4.69) is 37.4 Å². The molecular formula is C30H34N2O4. The number of benzene rings is 3. The summed E-state index contributed by atoms with van der Waals surface area (Å²) in [4.78, 5) is 15.2. The lowest BCUT2D eigenvalue weighted by atomic mass is 9.93. The first-order valence-electron chi connectivity index (χ1n) is 12.1. The van der Waals surface area contributed by atoms with E-state index >= 15 is 0 Å². The molecule has 0 bridgehead atoms. The number of hydrogen-bond donors (Lipinski definition) is 1. The van der Waals surface area contributed by atoms with Gasteiger partial charge < -0.3 is 24.4 Å². The van der Waals surface area contributed by atoms with Gasteiger partial charge in [0, 0.05) is 7.05 Å². The predicted molar refractivity (Wildman–Crippen MR) is 141 cm³/mol.